The van der Waals surface area contributed by atoms with Gasteiger partial charge in [-0.1, -0.05) is 0 Å². The quantitative estimate of drug-likeness (QED) is 0.385. The topological polar surface area (TPSA) is 78.3 Å². The van der Waals surface area contributed by atoms with Crippen LogP contribution in [-0.4, -0.2) is 13.0 Å². The molecule has 0 amide bonds. The van der Waals surface area contributed by atoms with Crippen LogP contribution in [0.3, 0.4) is 0 Å². The molecule has 0 aliphatic rings. The molecule has 0 radical (unpaired) electrons. The van der Waals surface area contributed by atoms with Crippen LogP contribution < -0.4 is 11.5 Å². The van der Waals surface area contributed by atoms with Crippen LogP contribution in [0.25, 0.3) is 0 Å². The summed E-state index contributed by atoms with van der Waals surface area (Å²) in [5.74, 6) is 0. The lowest BCUT2D eigenvalue weighted by Gasteiger charge is -1.93. The Morgan fingerprint density at radius 3 is 2.29 bits per heavy atom. The van der Waals surface area contributed by atoms with Crippen LogP contribution in [-0.2, 0) is 9.09 Å². The summed E-state index contributed by atoms with van der Waals surface area (Å²) in [6.45, 7) is -0.00496. The van der Waals surface area contributed by atoms with Crippen molar-refractivity contribution in [2.45, 2.75) is 0 Å². The van der Waals surface area contributed by atoms with Crippen molar-refractivity contribution in [1.82, 2.24) is 0 Å². The molecule has 44 valence electrons. The lowest BCUT2D eigenvalue weighted by atomic mass is 11.4. The third-order valence-corrected chi connectivity index (χ3v) is 1.23. The van der Waals surface area contributed by atoms with Gasteiger partial charge in [0.25, 0.3) is 0 Å². The number of rotatable bonds is 3. The van der Waals surface area contributed by atoms with Gasteiger partial charge in [-0.3, -0.25) is 4.57 Å². The van der Waals surface area contributed by atoms with Crippen molar-refractivity contribution in [3.05, 3.63) is 0 Å². The monoisotopic (exact) mass is 124 g/mol. The summed E-state index contributed by atoms with van der Waals surface area (Å²) in [5.41, 5.74) is 9.76. The highest BCUT2D eigenvalue weighted by atomic mass is 31.1. The first-order valence-corrected chi connectivity index (χ1v) is 3.39. The highest BCUT2D eigenvalue weighted by molar-refractivity contribution is 7.39. The summed E-state index contributed by atoms with van der Waals surface area (Å²) < 4.78 is 14.6. The third-order valence-electron chi connectivity index (χ3n) is 0.411. The van der Waals surface area contributed by atoms with Crippen LogP contribution in [0.1, 0.15) is 0 Å². The van der Waals surface area contributed by atoms with Crippen molar-refractivity contribution in [2.75, 3.05) is 13.0 Å². The molecule has 0 heterocycles. The van der Waals surface area contributed by atoms with Crippen LogP contribution in [0.4, 0.5) is 0 Å². The maximum atomic E-state index is 10.2. The Morgan fingerprint density at radius 1 is 1.57 bits per heavy atom. The normalized spacial score (nSPS) is 14.0. The molecule has 0 aliphatic carbocycles. The molecule has 0 aliphatic heterocycles. The molecule has 1 atom stereocenters. The fraction of sp³-hybridized carbons (Fsp3) is 1.00. The molecule has 0 aromatic carbocycles. The molecule has 0 bridgehead atoms. The van der Waals surface area contributed by atoms with Gasteiger partial charge in [0, 0.05) is 0 Å². The smallest absolute Gasteiger partial charge is 0.206 e. The van der Waals surface area contributed by atoms with Gasteiger partial charge in [0.15, 0.2) is 0 Å². The Kier molecular flexibility index (Phi) is 4.34. The van der Waals surface area contributed by atoms with E-state index in [1.165, 1.54) is 0 Å². The summed E-state index contributed by atoms with van der Waals surface area (Å²) in [6, 6.07) is 0. The second-order valence-corrected chi connectivity index (χ2v) is 2.33. The third kappa shape index (κ3) is 3.95. The van der Waals surface area contributed by atoms with E-state index in [1.54, 1.807) is 0 Å². The molecule has 0 rings (SSSR count). The average Bonchev–Trinajstić information content (AvgIpc) is 1.68. The van der Waals surface area contributed by atoms with Gasteiger partial charge in [0.2, 0.25) is 8.03 Å². The fourth-order valence-corrected chi connectivity index (χ4v) is 0.456. The van der Waals surface area contributed by atoms with Gasteiger partial charge in [0.05, 0.1) is 6.29 Å². The van der Waals surface area contributed by atoms with Crippen LogP contribution in [0.2, 0.25) is 0 Å². The Hall–Kier alpha value is 0.110. The van der Waals surface area contributed by atoms with Crippen molar-refractivity contribution in [1.29, 1.82) is 0 Å². The van der Waals surface area contributed by atoms with E-state index in [0.717, 1.165) is 0 Å². The molecule has 0 aromatic heterocycles. The molecular weight excluding hydrogens is 115 g/mol. The van der Waals surface area contributed by atoms with Crippen LogP contribution in [0.5, 0.6) is 0 Å². The minimum atomic E-state index is -1.98. The molecular formula is C2H9N2O2P. The largest absolute Gasteiger partial charge is 0.322 e. The van der Waals surface area contributed by atoms with E-state index < -0.39 is 8.03 Å². The first-order valence-electron chi connectivity index (χ1n) is 1.87. The molecule has 4 nitrogen and oxygen atoms in total. The zero-order valence-electron chi connectivity index (χ0n) is 3.89. The van der Waals surface area contributed by atoms with Crippen LogP contribution in [0.15, 0.2) is 0 Å². The molecule has 5 heteroatoms. The Labute approximate surface area is 42.7 Å². The van der Waals surface area contributed by atoms with Gasteiger partial charge < -0.3 is 16.0 Å². The Morgan fingerprint density at radius 2 is 2.14 bits per heavy atom. The molecule has 7 heavy (non-hydrogen) atoms. The number of hydrogen-bond acceptors (Lipinski definition) is 4. The first-order chi connectivity index (χ1) is 3.31. The lowest BCUT2D eigenvalue weighted by molar-refractivity contribution is 0.341. The van der Waals surface area contributed by atoms with Crippen LogP contribution >= 0.6 is 8.03 Å². The van der Waals surface area contributed by atoms with E-state index in [1.807, 2.05) is 0 Å². The zero-order chi connectivity index (χ0) is 5.70. The second-order valence-electron chi connectivity index (χ2n) is 0.887. The summed E-state index contributed by atoms with van der Waals surface area (Å²) in [7, 11) is -1.98. The fourth-order valence-electron chi connectivity index (χ4n) is 0.152. The maximum absolute atomic E-state index is 10.2. The van der Waals surface area contributed by atoms with E-state index in [9.17, 15) is 4.57 Å². The van der Waals surface area contributed by atoms with Crippen molar-refractivity contribution in [3.8, 4) is 0 Å². The van der Waals surface area contributed by atoms with E-state index >= 15 is 0 Å². The lowest BCUT2D eigenvalue weighted by Crippen LogP contribution is -2.02. The predicted molar refractivity (Wildman–Crippen MR) is 28.2 cm³/mol. The molecule has 0 fully saturated rings. The molecule has 0 spiro atoms. The molecule has 0 saturated heterocycles. The van der Waals surface area contributed by atoms with Crippen LogP contribution in [0, 0.1) is 0 Å². The SMILES string of the molecule is NCO[PH](=O)CN. The summed E-state index contributed by atoms with van der Waals surface area (Å²) in [5, 5.41) is 0. The Balaban J connectivity index is 3.00. The van der Waals surface area contributed by atoms with Crippen molar-refractivity contribution in [2.24, 2.45) is 11.5 Å². The van der Waals surface area contributed by atoms with Gasteiger partial charge in [-0.15, -0.1) is 0 Å². The van der Waals surface area contributed by atoms with Crippen molar-refractivity contribution < 1.29 is 9.09 Å². The highest BCUT2D eigenvalue weighted by Crippen LogP contribution is 2.15. The summed E-state index contributed by atoms with van der Waals surface area (Å²) >= 11 is 0. The summed E-state index contributed by atoms with van der Waals surface area (Å²) in [6.07, 6.45) is 0.0852. The number of hydrogen-bond donors (Lipinski definition) is 2. The van der Waals surface area contributed by atoms with Gasteiger partial charge in [-0.2, -0.15) is 0 Å². The van der Waals surface area contributed by atoms with Gasteiger partial charge in [-0.25, -0.2) is 0 Å². The van der Waals surface area contributed by atoms with Gasteiger partial charge >= 0.3 is 0 Å². The predicted octanol–water partition coefficient (Wildman–Crippen LogP) is -0.690. The highest BCUT2D eigenvalue weighted by Gasteiger charge is 1.88. The molecule has 4 N–H and O–H groups in total. The molecule has 0 aromatic rings. The summed E-state index contributed by atoms with van der Waals surface area (Å²) in [4.78, 5) is 0. The second kappa shape index (κ2) is 4.27. The van der Waals surface area contributed by atoms with Crippen molar-refractivity contribution in [3.63, 3.8) is 0 Å². The zero-order valence-corrected chi connectivity index (χ0v) is 4.89. The van der Waals surface area contributed by atoms with Gasteiger partial charge in [0.1, 0.15) is 6.73 Å². The molecule has 1 unspecified atom stereocenters. The van der Waals surface area contributed by atoms with Crippen molar-refractivity contribution >= 4 is 8.03 Å². The average molecular weight is 124 g/mol. The number of nitrogens with two attached hydrogens (primary N) is 2. The van der Waals surface area contributed by atoms with Gasteiger partial charge in [-0.05, 0) is 0 Å². The minimum absolute atomic E-state index is 0.00496. The minimum Gasteiger partial charge on any atom is -0.322 e. The van der Waals surface area contributed by atoms with E-state index in [-0.39, 0.29) is 13.0 Å². The van der Waals surface area contributed by atoms with E-state index in [0.29, 0.717) is 0 Å². The molecule has 0 saturated carbocycles. The first kappa shape index (κ1) is 7.11. The Bertz CT molecular complexity index is 66.7. The standard InChI is InChI=1S/C2H9N2O2P/c3-1-6-7(5)2-4/h7H,1-4H2. The van der Waals surface area contributed by atoms with E-state index in [2.05, 4.69) is 4.52 Å². The maximum Gasteiger partial charge on any atom is 0.206 e. The van der Waals surface area contributed by atoms with E-state index in [4.69, 9.17) is 11.5 Å².